The number of aromatic nitrogens is 1. The van der Waals surface area contributed by atoms with Crippen LogP contribution in [0.2, 0.25) is 0 Å². The molecule has 1 aliphatic carbocycles. The van der Waals surface area contributed by atoms with Gasteiger partial charge in [-0.05, 0) is 38.8 Å². The zero-order valence-corrected chi connectivity index (χ0v) is 17.1. The lowest BCUT2D eigenvalue weighted by Gasteiger charge is -2.25. The molecule has 7 heteroatoms. The van der Waals surface area contributed by atoms with E-state index < -0.39 is 0 Å². The Morgan fingerprint density at radius 3 is 2.57 bits per heavy atom. The number of hydrogen-bond acceptors (Lipinski definition) is 4. The number of likely N-dealkylation sites (N-methyl/N-ethyl adjacent to an activating group) is 1. The number of aliphatic imine (C=N–C) groups is 1. The maximum absolute atomic E-state index is 5.33. The Labute approximate surface area is 156 Å². The van der Waals surface area contributed by atoms with E-state index >= 15 is 0 Å². The van der Waals surface area contributed by atoms with Crippen molar-refractivity contribution in [1.29, 1.82) is 0 Å². The molecule has 6 nitrogen and oxygen atoms in total. The third-order valence-electron chi connectivity index (χ3n) is 4.13. The highest BCUT2D eigenvalue weighted by molar-refractivity contribution is 14.0. The number of nitrogens with zero attached hydrogens (tertiary/aromatic N) is 3. The summed E-state index contributed by atoms with van der Waals surface area (Å²) in [6, 6.07) is 2.56. The first-order chi connectivity index (χ1) is 10.5. The van der Waals surface area contributed by atoms with Crippen molar-refractivity contribution in [2.75, 3.05) is 27.7 Å². The third-order valence-corrected chi connectivity index (χ3v) is 4.13. The Kier molecular flexibility index (Phi) is 8.32. The molecule has 1 aromatic heterocycles. The fraction of sp³-hybridized carbons (Fsp3) is 0.750. The normalized spacial score (nSPS) is 16.4. The van der Waals surface area contributed by atoms with Crippen LogP contribution in [0.1, 0.15) is 44.1 Å². The highest BCUT2D eigenvalue weighted by Crippen LogP contribution is 2.34. The van der Waals surface area contributed by atoms with Gasteiger partial charge >= 0.3 is 0 Å². The van der Waals surface area contributed by atoms with Gasteiger partial charge in [0.05, 0.1) is 12.2 Å². The molecule has 1 saturated carbocycles. The minimum absolute atomic E-state index is 0. The van der Waals surface area contributed by atoms with E-state index in [1.165, 1.54) is 12.8 Å². The van der Waals surface area contributed by atoms with Crippen LogP contribution < -0.4 is 10.6 Å². The summed E-state index contributed by atoms with van der Waals surface area (Å²) in [6.45, 7) is 5.71. The van der Waals surface area contributed by atoms with Crippen LogP contribution in [0.15, 0.2) is 15.6 Å². The minimum atomic E-state index is 0. The van der Waals surface area contributed by atoms with Crippen molar-refractivity contribution in [3.63, 3.8) is 0 Å². The summed E-state index contributed by atoms with van der Waals surface area (Å²) < 4.78 is 5.33. The molecule has 1 aliphatic rings. The van der Waals surface area contributed by atoms with Crippen molar-refractivity contribution >= 4 is 29.9 Å². The summed E-state index contributed by atoms with van der Waals surface area (Å²) in [5.74, 6) is 2.84. The molecule has 0 amide bonds. The SMILES string of the molecule is CN=C(NCc1cc(C(C)C)no1)NCC(C1CC1)N(C)C.I. The highest BCUT2D eigenvalue weighted by Gasteiger charge is 2.32. The van der Waals surface area contributed by atoms with Crippen LogP contribution in [-0.2, 0) is 6.54 Å². The smallest absolute Gasteiger partial charge is 0.191 e. The number of nitrogens with one attached hydrogen (secondary N) is 2. The van der Waals surface area contributed by atoms with E-state index in [9.17, 15) is 0 Å². The summed E-state index contributed by atoms with van der Waals surface area (Å²) in [5, 5.41) is 10.8. The quantitative estimate of drug-likeness (QED) is 0.391. The molecular weight excluding hydrogens is 405 g/mol. The van der Waals surface area contributed by atoms with Crippen LogP contribution in [0.4, 0.5) is 0 Å². The largest absolute Gasteiger partial charge is 0.359 e. The van der Waals surface area contributed by atoms with Gasteiger partial charge in [0.1, 0.15) is 0 Å². The molecular formula is C16H30IN5O. The number of hydrogen-bond donors (Lipinski definition) is 2. The van der Waals surface area contributed by atoms with Crippen molar-refractivity contribution < 1.29 is 4.52 Å². The molecule has 0 aliphatic heterocycles. The zero-order valence-electron chi connectivity index (χ0n) is 14.8. The Morgan fingerprint density at radius 1 is 1.39 bits per heavy atom. The van der Waals surface area contributed by atoms with E-state index in [1.54, 1.807) is 7.05 Å². The van der Waals surface area contributed by atoms with Gasteiger partial charge in [0, 0.05) is 25.7 Å². The fourth-order valence-corrected chi connectivity index (χ4v) is 2.53. The first kappa shape index (κ1) is 20.2. The van der Waals surface area contributed by atoms with Crippen LogP contribution in [-0.4, -0.2) is 49.7 Å². The average Bonchev–Trinajstić information content (AvgIpc) is 3.18. The minimum Gasteiger partial charge on any atom is -0.359 e. The van der Waals surface area contributed by atoms with Gasteiger partial charge < -0.3 is 20.1 Å². The molecule has 0 bridgehead atoms. The molecule has 1 heterocycles. The Bertz CT molecular complexity index is 494. The molecule has 1 fully saturated rings. The molecule has 0 saturated heterocycles. The Balaban J connectivity index is 0.00000264. The molecule has 23 heavy (non-hydrogen) atoms. The van der Waals surface area contributed by atoms with Gasteiger partial charge in [-0.25, -0.2) is 0 Å². The van der Waals surface area contributed by atoms with Crippen molar-refractivity contribution in [3.8, 4) is 0 Å². The van der Waals surface area contributed by atoms with Gasteiger partial charge in [-0.2, -0.15) is 0 Å². The van der Waals surface area contributed by atoms with Gasteiger partial charge in [0.2, 0.25) is 0 Å². The van der Waals surface area contributed by atoms with Crippen molar-refractivity contribution in [2.24, 2.45) is 10.9 Å². The third kappa shape index (κ3) is 6.29. The van der Waals surface area contributed by atoms with E-state index in [0.29, 0.717) is 18.5 Å². The van der Waals surface area contributed by atoms with Crippen LogP contribution in [0.3, 0.4) is 0 Å². The second-order valence-electron chi connectivity index (χ2n) is 6.55. The van der Waals surface area contributed by atoms with Gasteiger partial charge in [-0.1, -0.05) is 19.0 Å². The molecule has 2 rings (SSSR count). The first-order valence-electron chi connectivity index (χ1n) is 8.07. The summed E-state index contributed by atoms with van der Waals surface area (Å²) in [5.41, 5.74) is 0.987. The molecule has 0 spiro atoms. The van der Waals surface area contributed by atoms with Crippen LogP contribution in [0.25, 0.3) is 0 Å². The lowest BCUT2D eigenvalue weighted by Crippen LogP contribution is -2.45. The standard InChI is InChI=1S/C16H29N5O.HI/c1-11(2)14-8-13(22-20-14)9-18-16(17-3)19-10-15(21(4)5)12-6-7-12;/h8,11-12,15H,6-7,9-10H2,1-5H3,(H2,17,18,19);1H. The maximum atomic E-state index is 5.33. The predicted molar refractivity (Wildman–Crippen MR) is 104 cm³/mol. The molecule has 1 atom stereocenters. The molecule has 0 radical (unpaired) electrons. The van der Waals surface area contributed by atoms with Crippen molar-refractivity contribution in [1.82, 2.24) is 20.7 Å². The molecule has 0 aromatic carbocycles. The average molecular weight is 435 g/mol. The van der Waals surface area contributed by atoms with Crippen LogP contribution in [0.5, 0.6) is 0 Å². The van der Waals surface area contributed by atoms with Gasteiger partial charge in [-0.3, -0.25) is 4.99 Å². The molecule has 1 aromatic rings. The summed E-state index contributed by atoms with van der Waals surface area (Å²) in [7, 11) is 6.07. The summed E-state index contributed by atoms with van der Waals surface area (Å²) in [4.78, 5) is 6.56. The van der Waals surface area contributed by atoms with Crippen LogP contribution >= 0.6 is 24.0 Å². The first-order valence-corrected chi connectivity index (χ1v) is 8.07. The fourth-order valence-electron chi connectivity index (χ4n) is 2.53. The maximum Gasteiger partial charge on any atom is 0.191 e. The van der Waals surface area contributed by atoms with E-state index in [0.717, 1.165) is 29.9 Å². The number of guanidine groups is 1. The lowest BCUT2D eigenvalue weighted by molar-refractivity contribution is 0.264. The topological polar surface area (TPSA) is 65.7 Å². The Hall–Kier alpha value is -0.830. The number of halogens is 1. The molecule has 2 N–H and O–H groups in total. The second-order valence-corrected chi connectivity index (χ2v) is 6.55. The highest BCUT2D eigenvalue weighted by atomic mass is 127. The van der Waals surface area contributed by atoms with Gasteiger partial charge in [-0.15, -0.1) is 24.0 Å². The van der Waals surface area contributed by atoms with E-state index in [-0.39, 0.29) is 24.0 Å². The van der Waals surface area contributed by atoms with Gasteiger partial charge in [0.15, 0.2) is 11.7 Å². The van der Waals surface area contributed by atoms with Gasteiger partial charge in [0.25, 0.3) is 0 Å². The van der Waals surface area contributed by atoms with Crippen molar-refractivity contribution in [3.05, 3.63) is 17.5 Å². The van der Waals surface area contributed by atoms with Crippen molar-refractivity contribution in [2.45, 2.75) is 45.2 Å². The van der Waals surface area contributed by atoms with E-state index in [2.05, 4.69) is 53.6 Å². The molecule has 132 valence electrons. The lowest BCUT2D eigenvalue weighted by atomic mass is 10.1. The Morgan fingerprint density at radius 2 is 2.09 bits per heavy atom. The summed E-state index contributed by atoms with van der Waals surface area (Å²) >= 11 is 0. The second kappa shape index (κ2) is 9.46. The summed E-state index contributed by atoms with van der Waals surface area (Å²) in [6.07, 6.45) is 2.68. The van der Waals surface area contributed by atoms with E-state index in [1.807, 2.05) is 6.07 Å². The molecule has 1 unspecified atom stereocenters. The zero-order chi connectivity index (χ0) is 16.1. The number of rotatable bonds is 7. The van der Waals surface area contributed by atoms with E-state index in [4.69, 9.17) is 4.52 Å². The van der Waals surface area contributed by atoms with Crippen LogP contribution in [0, 0.1) is 5.92 Å². The monoisotopic (exact) mass is 435 g/mol. The predicted octanol–water partition coefficient (Wildman–Crippen LogP) is 2.42.